The van der Waals surface area contributed by atoms with Crippen LogP contribution in [-0.2, 0) is 16.0 Å². The number of ketones is 1. The Hall–Kier alpha value is -2.16. The van der Waals surface area contributed by atoms with E-state index in [0.29, 0.717) is 19.4 Å². The van der Waals surface area contributed by atoms with Crippen molar-refractivity contribution in [1.29, 1.82) is 0 Å². The molecule has 3 heteroatoms. The van der Waals surface area contributed by atoms with E-state index in [4.69, 9.17) is 4.74 Å². The fraction of sp³-hybridized carbons (Fsp3) is 0.700. The third kappa shape index (κ3) is 24.9. The van der Waals surface area contributed by atoms with Gasteiger partial charge in [-0.05, 0) is 63.0 Å². The highest BCUT2D eigenvalue weighted by Gasteiger charge is 2.06. The molecule has 3 nitrogen and oxygen atoms in total. The van der Waals surface area contributed by atoms with Crippen LogP contribution in [0.2, 0.25) is 0 Å². The Kier molecular flexibility index (Phi) is 27.0. The number of hydrogen-bond acceptors (Lipinski definition) is 3. The van der Waals surface area contributed by atoms with E-state index >= 15 is 0 Å². The number of benzene rings is 1. The van der Waals surface area contributed by atoms with Gasteiger partial charge in [0.15, 0.2) is 5.78 Å². The van der Waals surface area contributed by atoms with E-state index in [1.54, 1.807) is 0 Å². The summed E-state index contributed by atoms with van der Waals surface area (Å²) in [6, 6.07) is 8.32. The molecule has 0 bridgehead atoms. The fourth-order valence-corrected chi connectivity index (χ4v) is 5.46. The minimum Gasteiger partial charge on any atom is -0.461 e. The Labute approximate surface area is 266 Å². The van der Waals surface area contributed by atoms with Gasteiger partial charge < -0.3 is 4.74 Å². The topological polar surface area (TPSA) is 43.4 Å². The lowest BCUT2D eigenvalue weighted by atomic mass is 9.99. The molecular formula is C40H66O3. The highest BCUT2D eigenvalue weighted by Crippen LogP contribution is 2.15. The summed E-state index contributed by atoms with van der Waals surface area (Å²) >= 11 is 0. The number of aryl methyl sites for hydroxylation is 1. The standard InChI is InChI=1S/C40H66O3/c1-3-5-7-9-11-18-22-26-33-39(41)38-32-29-31-37(36-38)30-25-21-17-15-13-12-14-16-19-23-27-34-40(42)43-35-28-24-20-10-8-6-4-2/h18,22,24,28-29,31-32,36H,3-17,19-21,23,25-27,30,33-35H2,1-2H3/b22-18-,28-24-. The summed E-state index contributed by atoms with van der Waals surface area (Å²) in [5.74, 6) is 0.218. The van der Waals surface area contributed by atoms with E-state index in [-0.39, 0.29) is 11.8 Å². The van der Waals surface area contributed by atoms with E-state index in [1.165, 1.54) is 115 Å². The quantitative estimate of drug-likeness (QED) is 0.0385. The van der Waals surface area contributed by atoms with Gasteiger partial charge in [0.1, 0.15) is 6.61 Å². The Balaban J connectivity index is 1.94. The lowest BCUT2D eigenvalue weighted by Crippen LogP contribution is -2.03. The molecule has 0 heterocycles. The number of allylic oxidation sites excluding steroid dienone is 3. The summed E-state index contributed by atoms with van der Waals surface area (Å²) in [4.78, 5) is 24.4. The predicted molar refractivity (Wildman–Crippen MR) is 186 cm³/mol. The van der Waals surface area contributed by atoms with Crippen molar-refractivity contribution < 1.29 is 14.3 Å². The van der Waals surface area contributed by atoms with Crippen LogP contribution in [-0.4, -0.2) is 18.4 Å². The number of ether oxygens (including phenoxy) is 1. The maximum Gasteiger partial charge on any atom is 0.306 e. The van der Waals surface area contributed by atoms with Crippen molar-refractivity contribution in [1.82, 2.24) is 0 Å². The van der Waals surface area contributed by atoms with Gasteiger partial charge >= 0.3 is 5.97 Å². The molecule has 0 amide bonds. The van der Waals surface area contributed by atoms with Crippen molar-refractivity contribution in [3.63, 3.8) is 0 Å². The molecule has 0 aromatic heterocycles. The fourth-order valence-electron chi connectivity index (χ4n) is 5.46. The van der Waals surface area contributed by atoms with Crippen LogP contribution in [0.1, 0.15) is 184 Å². The smallest absolute Gasteiger partial charge is 0.306 e. The zero-order valence-electron chi connectivity index (χ0n) is 28.2. The molecule has 0 radical (unpaired) electrons. The average molecular weight is 595 g/mol. The van der Waals surface area contributed by atoms with Crippen LogP contribution in [0, 0.1) is 0 Å². The zero-order valence-corrected chi connectivity index (χ0v) is 28.2. The van der Waals surface area contributed by atoms with Crippen LogP contribution < -0.4 is 0 Å². The van der Waals surface area contributed by atoms with Crippen molar-refractivity contribution >= 4 is 11.8 Å². The van der Waals surface area contributed by atoms with Crippen LogP contribution in [0.5, 0.6) is 0 Å². The Morgan fingerprint density at radius 3 is 1.74 bits per heavy atom. The van der Waals surface area contributed by atoms with Crippen LogP contribution in [0.25, 0.3) is 0 Å². The molecule has 0 saturated carbocycles. The molecule has 43 heavy (non-hydrogen) atoms. The highest BCUT2D eigenvalue weighted by molar-refractivity contribution is 5.96. The second kappa shape index (κ2) is 29.9. The van der Waals surface area contributed by atoms with Crippen molar-refractivity contribution in [3.05, 3.63) is 59.7 Å². The van der Waals surface area contributed by atoms with Gasteiger partial charge in [0, 0.05) is 18.4 Å². The summed E-state index contributed by atoms with van der Waals surface area (Å²) in [5.41, 5.74) is 2.18. The highest BCUT2D eigenvalue weighted by atomic mass is 16.5. The third-order valence-electron chi connectivity index (χ3n) is 8.26. The Morgan fingerprint density at radius 2 is 1.12 bits per heavy atom. The van der Waals surface area contributed by atoms with Gasteiger partial charge in [-0.25, -0.2) is 0 Å². The number of Topliss-reactive ketones (excluding diaryl/α,β-unsaturated/α-hetero) is 1. The van der Waals surface area contributed by atoms with E-state index in [2.05, 4.69) is 44.2 Å². The summed E-state index contributed by atoms with van der Waals surface area (Å²) < 4.78 is 5.30. The average Bonchev–Trinajstić information content (AvgIpc) is 3.02. The number of rotatable bonds is 30. The number of carbonyl (C=O) groups excluding carboxylic acids is 2. The first-order chi connectivity index (χ1) is 21.2. The molecule has 0 N–H and O–H groups in total. The second-order valence-corrected chi connectivity index (χ2v) is 12.4. The van der Waals surface area contributed by atoms with Gasteiger partial charge in [-0.3, -0.25) is 9.59 Å². The van der Waals surface area contributed by atoms with Crippen molar-refractivity contribution in [2.75, 3.05) is 6.61 Å². The molecule has 0 spiro atoms. The predicted octanol–water partition coefficient (Wildman–Crippen LogP) is 12.5. The summed E-state index contributed by atoms with van der Waals surface area (Å²) in [5, 5.41) is 0. The molecule has 0 fully saturated rings. The SMILES string of the molecule is CCCCCC/C=C\CCC(=O)c1cccc(CCCCCCCCCCCCCC(=O)OC/C=C\CCCCCC)c1. The molecule has 0 saturated heterocycles. The van der Waals surface area contributed by atoms with Gasteiger partial charge in [0.05, 0.1) is 0 Å². The first-order valence-corrected chi connectivity index (χ1v) is 18.2. The summed E-state index contributed by atoms with van der Waals surface area (Å²) in [6.07, 6.45) is 37.8. The van der Waals surface area contributed by atoms with E-state index in [0.717, 1.165) is 44.1 Å². The van der Waals surface area contributed by atoms with Crippen molar-refractivity contribution in [3.8, 4) is 0 Å². The minimum absolute atomic E-state index is 0.0522. The van der Waals surface area contributed by atoms with Crippen LogP contribution in [0.4, 0.5) is 0 Å². The van der Waals surface area contributed by atoms with Crippen molar-refractivity contribution in [2.45, 2.75) is 174 Å². The Bertz CT molecular complexity index is 853. The molecule has 0 aliphatic carbocycles. The molecule has 0 aliphatic heterocycles. The van der Waals surface area contributed by atoms with Crippen LogP contribution >= 0.6 is 0 Å². The first-order valence-electron chi connectivity index (χ1n) is 18.2. The van der Waals surface area contributed by atoms with Gasteiger partial charge in [-0.2, -0.15) is 0 Å². The largest absolute Gasteiger partial charge is 0.461 e. The monoisotopic (exact) mass is 595 g/mol. The van der Waals surface area contributed by atoms with E-state index in [9.17, 15) is 9.59 Å². The molecule has 0 atom stereocenters. The number of unbranched alkanes of at least 4 members (excludes halogenated alkanes) is 18. The van der Waals surface area contributed by atoms with Gasteiger partial charge in [0.25, 0.3) is 0 Å². The van der Waals surface area contributed by atoms with E-state index < -0.39 is 0 Å². The zero-order chi connectivity index (χ0) is 31.1. The maximum absolute atomic E-state index is 12.6. The molecule has 1 aromatic rings. The van der Waals surface area contributed by atoms with Gasteiger partial charge in [0.2, 0.25) is 0 Å². The Morgan fingerprint density at radius 1 is 0.581 bits per heavy atom. The van der Waals surface area contributed by atoms with Crippen molar-refractivity contribution in [2.24, 2.45) is 0 Å². The van der Waals surface area contributed by atoms with Gasteiger partial charge in [-0.1, -0.05) is 153 Å². The molecule has 1 aromatic carbocycles. The first kappa shape index (κ1) is 38.9. The number of hydrogen-bond donors (Lipinski definition) is 0. The van der Waals surface area contributed by atoms with Gasteiger partial charge in [-0.15, -0.1) is 0 Å². The van der Waals surface area contributed by atoms with Crippen LogP contribution in [0.15, 0.2) is 48.6 Å². The minimum atomic E-state index is -0.0522. The molecule has 244 valence electrons. The van der Waals surface area contributed by atoms with E-state index in [1.807, 2.05) is 18.2 Å². The molecule has 1 rings (SSSR count). The normalized spacial score (nSPS) is 11.6. The third-order valence-corrected chi connectivity index (χ3v) is 8.26. The van der Waals surface area contributed by atoms with Crippen LogP contribution in [0.3, 0.4) is 0 Å². The molecular weight excluding hydrogens is 528 g/mol. The summed E-state index contributed by atoms with van der Waals surface area (Å²) in [6.45, 7) is 4.90. The number of esters is 1. The molecule has 0 unspecified atom stereocenters. The maximum atomic E-state index is 12.6. The lowest BCUT2D eigenvalue weighted by Gasteiger charge is -2.06. The second-order valence-electron chi connectivity index (χ2n) is 12.4. The lowest BCUT2D eigenvalue weighted by molar-refractivity contribution is -0.142. The molecule has 0 aliphatic rings. The summed E-state index contributed by atoms with van der Waals surface area (Å²) in [7, 11) is 0. The number of carbonyl (C=O) groups is 2.